The van der Waals surface area contributed by atoms with Gasteiger partial charge in [-0.2, -0.15) is 0 Å². The van der Waals surface area contributed by atoms with Crippen molar-refractivity contribution in [3.05, 3.63) is 64.7 Å². The van der Waals surface area contributed by atoms with Crippen LogP contribution in [0.4, 0.5) is 0 Å². The summed E-state index contributed by atoms with van der Waals surface area (Å²) in [5, 5.41) is 4.54. The molecule has 0 heterocycles. The number of nitrogens with two attached hydrogens (primary N) is 1. The zero-order valence-electron chi connectivity index (χ0n) is 11.8. The Morgan fingerprint density at radius 2 is 1.95 bits per heavy atom. The number of amidine groups is 1. The minimum Gasteiger partial charge on any atom is -0.496 e. The van der Waals surface area contributed by atoms with Crippen LogP contribution in [0.25, 0.3) is 0 Å². The van der Waals surface area contributed by atoms with E-state index in [0.717, 1.165) is 11.1 Å². The topological polar surface area (TPSA) is 56.8 Å². The summed E-state index contributed by atoms with van der Waals surface area (Å²) in [6.07, 6.45) is 0.549. The molecule has 0 fully saturated rings. The lowest BCUT2D eigenvalue weighted by molar-refractivity contribution is 0.127. The lowest BCUT2D eigenvalue weighted by Crippen LogP contribution is -2.15. The molecule has 2 aromatic rings. The molecule has 2 rings (SSSR count). The molecule has 5 heteroatoms. The van der Waals surface area contributed by atoms with Crippen molar-refractivity contribution < 1.29 is 9.57 Å². The van der Waals surface area contributed by atoms with Crippen molar-refractivity contribution in [2.75, 3.05) is 7.11 Å². The molecule has 0 aliphatic rings. The molecular formula is C16H17ClN2O2. The molecule has 0 saturated carbocycles. The molecule has 21 heavy (non-hydrogen) atoms. The zero-order valence-corrected chi connectivity index (χ0v) is 12.5. The van der Waals surface area contributed by atoms with Crippen LogP contribution in [-0.2, 0) is 17.9 Å². The Labute approximate surface area is 129 Å². The molecule has 4 nitrogen and oxygen atoms in total. The van der Waals surface area contributed by atoms with Crippen LogP contribution in [0.2, 0.25) is 5.02 Å². The van der Waals surface area contributed by atoms with Crippen LogP contribution in [-0.4, -0.2) is 12.9 Å². The van der Waals surface area contributed by atoms with E-state index in [2.05, 4.69) is 5.16 Å². The van der Waals surface area contributed by atoms with Crippen molar-refractivity contribution in [2.45, 2.75) is 13.0 Å². The molecular weight excluding hydrogens is 288 g/mol. The van der Waals surface area contributed by atoms with Gasteiger partial charge >= 0.3 is 0 Å². The molecule has 0 aliphatic carbocycles. The second kappa shape index (κ2) is 7.55. The largest absolute Gasteiger partial charge is 0.496 e. The summed E-state index contributed by atoms with van der Waals surface area (Å²) in [6.45, 7) is 0.249. The van der Waals surface area contributed by atoms with Crippen LogP contribution in [0.5, 0.6) is 5.75 Å². The van der Waals surface area contributed by atoms with Crippen molar-refractivity contribution in [1.29, 1.82) is 0 Å². The Balaban J connectivity index is 1.94. The smallest absolute Gasteiger partial charge is 0.146 e. The van der Waals surface area contributed by atoms with Crippen molar-refractivity contribution in [1.82, 2.24) is 0 Å². The van der Waals surface area contributed by atoms with Gasteiger partial charge in [0.2, 0.25) is 0 Å². The van der Waals surface area contributed by atoms with Crippen molar-refractivity contribution >= 4 is 17.4 Å². The highest BCUT2D eigenvalue weighted by Crippen LogP contribution is 2.23. The Hall–Kier alpha value is -2.20. The van der Waals surface area contributed by atoms with E-state index in [1.54, 1.807) is 25.3 Å². The number of nitrogens with zero attached hydrogens (tertiary/aromatic N) is 1. The summed E-state index contributed by atoms with van der Waals surface area (Å²) in [5.41, 5.74) is 7.74. The van der Waals surface area contributed by atoms with Gasteiger partial charge in [0.05, 0.1) is 7.11 Å². The zero-order chi connectivity index (χ0) is 15.1. The molecule has 0 saturated heterocycles. The van der Waals surface area contributed by atoms with Gasteiger partial charge in [-0.15, -0.1) is 0 Å². The Morgan fingerprint density at radius 1 is 1.19 bits per heavy atom. The first-order valence-electron chi connectivity index (χ1n) is 6.49. The normalized spacial score (nSPS) is 11.2. The van der Waals surface area contributed by atoms with Gasteiger partial charge in [0.1, 0.15) is 18.2 Å². The Kier molecular flexibility index (Phi) is 5.46. The standard InChI is InChI=1S/C16H17ClN2O2/c1-20-15-8-7-14(17)10-13(15)11-21-19-16(18)9-12-5-3-2-4-6-12/h2-8,10H,9,11H2,1H3,(H2,18,19). The maximum absolute atomic E-state index is 5.95. The molecule has 0 aliphatic heterocycles. The fourth-order valence-corrected chi connectivity index (χ4v) is 2.08. The molecule has 0 unspecified atom stereocenters. The van der Waals surface area contributed by atoms with Gasteiger partial charge in [0.15, 0.2) is 0 Å². The predicted molar refractivity (Wildman–Crippen MR) is 84.6 cm³/mol. The average Bonchev–Trinajstić information content (AvgIpc) is 2.48. The summed E-state index contributed by atoms with van der Waals surface area (Å²) >= 11 is 5.95. The van der Waals surface area contributed by atoms with Crippen LogP contribution >= 0.6 is 11.6 Å². The van der Waals surface area contributed by atoms with E-state index in [-0.39, 0.29) is 6.61 Å². The maximum atomic E-state index is 5.95. The van der Waals surface area contributed by atoms with Gasteiger partial charge < -0.3 is 15.3 Å². The lowest BCUT2D eigenvalue weighted by atomic mass is 10.1. The average molecular weight is 305 g/mol. The van der Waals surface area contributed by atoms with Gasteiger partial charge in [-0.05, 0) is 23.8 Å². The SMILES string of the molecule is COc1ccc(Cl)cc1CON=C(N)Cc1ccccc1. The number of methoxy groups -OCH3 is 1. The van der Waals surface area contributed by atoms with E-state index < -0.39 is 0 Å². The molecule has 110 valence electrons. The Morgan fingerprint density at radius 3 is 2.67 bits per heavy atom. The first-order chi connectivity index (χ1) is 10.2. The monoisotopic (exact) mass is 304 g/mol. The highest BCUT2D eigenvalue weighted by atomic mass is 35.5. The van der Waals surface area contributed by atoms with E-state index in [0.29, 0.717) is 23.0 Å². The van der Waals surface area contributed by atoms with Crippen molar-refractivity contribution in [3.63, 3.8) is 0 Å². The number of hydrogen-bond donors (Lipinski definition) is 1. The first-order valence-corrected chi connectivity index (χ1v) is 6.87. The van der Waals surface area contributed by atoms with E-state index in [4.69, 9.17) is 26.9 Å². The quantitative estimate of drug-likeness (QED) is 0.505. The van der Waals surface area contributed by atoms with Gasteiger partial charge in [0, 0.05) is 17.0 Å². The number of halogens is 1. The highest BCUT2D eigenvalue weighted by Gasteiger charge is 2.04. The van der Waals surface area contributed by atoms with Gasteiger partial charge in [-0.1, -0.05) is 47.1 Å². The van der Waals surface area contributed by atoms with Gasteiger partial charge in [-0.25, -0.2) is 0 Å². The third-order valence-electron chi connectivity index (χ3n) is 2.87. The molecule has 0 aromatic heterocycles. The lowest BCUT2D eigenvalue weighted by Gasteiger charge is -2.08. The fraction of sp³-hybridized carbons (Fsp3) is 0.188. The minimum atomic E-state index is 0.249. The molecule has 0 bridgehead atoms. The molecule has 0 amide bonds. The third-order valence-corrected chi connectivity index (χ3v) is 3.11. The van der Waals surface area contributed by atoms with Gasteiger partial charge in [-0.3, -0.25) is 0 Å². The van der Waals surface area contributed by atoms with E-state index in [1.165, 1.54) is 0 Å². The number of benzene rings is 2. The molecule has 2 aromatic carbocycles. The van der Waals surface area contributed by atoms with Crippen LogP contribution in [0.3, 0.4) is 0 Å². The maximum Gasteiger partial charge on any atom is 0.146 e. The number of rotatable bonds is 6. The Bertz CT molecular complexity index is 615. The highest BCUT2D eigenvalue weighted by molar-refractivity contribution is 6.30. The second-order valence-electron chi connectivity index (χ2n) is 4.47. The molecule has 0 atom stereocenters. The van der Waals surface area contributed by atoms with Crippen molar-refractivity contribution in [3.8, 4) is 5.75 Å². The van der Waals surface area contributed by atoms with Crippen LogP contribution in [0.1, 0.15) is 11.1 Å². The van der Waals surface area contributed by atoms with Crippen LogP contribution in [0, 0.1) is 0 Å². The number of ether oxygens (including phenoxy) is 1. The summed E-state index contributed by atoms with van der Waals surface area (Å²) in [7, 11) is 1.60. The number of oxime groups is 1. The second-order valence-corrected chi connectivity index (χ2v) is 4.91. The summed E-state index contributed by atoms with van der Waals surface area (Å²) in [6, 6.07) is 15.2. The number of hydrogen-bond acceptors (Lipinski definition) is 3. The molecule has 2 N–H and O–H groups in total. The van der Waals surface area contributed by atoms with Crippen LogP contribution < -0.4 is 10.5 Å². The summed E-state index contributed by atoms with van der Waals surface area (Å²) in [4.78, 5) is 5.28. The van der Waals surface area contributed by atoms with E-state index in [9.17, 15) is 0 Å². The molecule has 0 spiro atoms. The molecule has 0 radical (unpaired) electrons. The van der Waals surface area contributed by atoms with Crippen molar-refractivity contribution in [2.24, 2.45) is 10.9 Å². The van der Waals surface area contributed by atoms with E-state index >= 15 is 0 Å². The predicted octanol–water partition coefficient (Wildman–Crippen LogP) is 3.38. The van der Waals surface area contributed by atoms with Gasteiger partial charge in [0.25, 0.3) is 0 Å². The first kappa shape index (κ1) is 15.2. The summed E-state index contributed by atoms with van der Waals surface area (Å²) < 4.78 is 5.24. The third kappa shape index (κ3) is 4.68. The van der Waals surface area contributed by atoms with Crippen LogP contribution in [0.15, 0.2) is 53.7 Å². The minimum absolute atomic E-state index is 0.249. The fourth-order valence-electron chi connectivity index (χ4n) is 1.88. The summed E-state index contributed by atoms with van der Waals surface area (Å²) in [5.74, 6) is 1.12. The van der Waals surface area contributed by atoms with E-state index in [1.807, 2.05) is 30.3 Å².